The summed E-state index contributed by atoms with van der Waals surface area (Å²) in [5.74, 6) is -0.657. The van der Waals surface area contributed by atoms with Crippen molar-refractivity contribution in [3.8, 4) is 0 Å². The molecule has 1 fully saturated rings. The van der Waals surface area contributed by atoms with Gasteiger partial charge in [-0.2, -0.15) is 0 Å². The molecule has 2 heterocycles. The Kier molecular flexibility index (Phi) is 3.41. The molecule has 0 spiro atoms. The lowest BCUT2D eigenvalue weighted by Crippen LogP contribution is -2.58. The normalized spacial score (nSPS) is 22.0. The maximum atomic E-state index is 12.8. The summed E-state index contributed by atoms with van der Waals surface area (Å²) < 4.78 is 7.39. The zero-order valence-electron chi connectivity index (χ0n) is 12.7. The van der Waals surface area contributed by atoms with E-state index in [9.17, 15) is 9.59 Å². The van der Waals surface area contributed by atoms with E-state index in [0.717, 1.165) is 10.9 Å². The number of nitrogens with zero attached hydrogens (tertiary/aromatic N) is 2. The Labute approximate surface area is 128 Å². The van der Waals surface area contributed by atoms with Crippen molar-refractivity contribution in [1.29, 1.82) is 0 Å². The van der Waals surface area contributed by atoms with Gasteiger partial charge in [-0.1, -0.05) is 18.2 Å². The average molecular weight is 301 g/mol. The summed E-state index contributed by atoms with van der Waals surface area (Å²) in [6, 6.07) is 7.75. The van der Waals surface area contributed by atoms with Crippen LogP contribution in [0, 0.1) is 0 Å². The van der Waals surface area contributed by atoms with Crippen molar-refractivity contribution >= 4 is 22.7 Å². The van der Waals surface area contributed by atoms with E-state index in [4.69, 9.17) is 10.5 Å². The van der Waals surface area contributed by atoms with Gasteiger partial charge in [-0.05, 0) is 13.0 Å². The number of fused-ring (bicyclic) bond motifs is 1. The number of carbonyl (C=O) groups is 2. The van der Waals surface area contributed by atoms with E-state index >= 15 is 0 Å². The quantitative estimate of drug-likeness (QED) is 0.895. The predicted octanol–water partition coefficient (Wildman–Crippen LogP) is 0.895. The third-order valence-corrected chi connectivity index (χ3v) is 4.21. The first-order valence-electron chi connectivity index (χ1n) is 7.19. The van der Waals surface area contributed by atoms with Crippen LogP contribution in [0.5, 0.6) is 0 Å². The SMILES string of the molecule is Cn1cc(C(=O)N2CCOC(C)(C(N)=O)C2)c2ccccc21. The number of nitrogens with two attached hydrogens (primary N) is 1. The number of amides is 2. The Bertz CT molecular complexity index is 752. The molecule has 0 saturated carbocycles. The fourth-order valence-corrected chi connectivity index (χ4v) is 2.87. The minimum atomic E-state index is -1.13. The van der Waals surface area contributed by atoms with Crippen molar-refractivity contribution < 1.29 is 14.3 Å². The molecule has 2 aromatic rings. The number of morpholine rings is 1. The molecular formula is C16H19N3O3. The molecule has 1 aromatic heterocycles. The number of rotatable bonds is 2. The van der Waals surface area contributed by atoms with Crippen molar-refractivity contribution in [3.05, 3.63) is 36.0 Å². The van der Waals surface area contributed by atoms with Gasteiger partial charge in [0.1, 0.15) is 0 Å². The Morgan fingerprint density at radius 1 is 1.32 bits per heavy atom. The van der Waals surface area contributed by atoms with Crippen LogP contribution in [0.15, 0.2) is 30.5 Å². The van der Waals surface area contributed by atoms with Crippen LogP contribution >= 0.6 is 0 Å². The second-order valence-corrected chi connectivity index (χ2v) is 5.84. The van der Waals surface area contributed by atoms with Crippen molar-refractivity contribution in [1.82, 2.24) is 9.47 Å². The Morgan fingerprint density at radius 3 is 2.77 bits per heavy atom. The second-order valence-electron chi connectivity index (χ2n) is 5.84. The van der Waals surface area contributed by atoms with Gasteiger partial charge in [-0.15, -0.1) is 0 Å². The van der Waals surface area contributed by atoms with Crippen LogP contribution in [0.1, 0.15) is 17.3 Å². The summed E-state index contributed by atoms with van der Waals surface area (Å²) in [5.41, 5.74) is 5.89. The van der Waals surface area contributed by atoms with Gasteiger partial charge in [-0.3, -0.25) is 9.59 Å². The monoisotopic (exact) mass is 301 g/mol. The van der Waals surface area contributed by atoms with Crippen LogP contribution in [0.2, 0.25) is 0 Å². The molecule has 1 saturated heterocycles. The van der Waals surface area contributed by atoms with E-state index in [2.05, 4.69) is 0 Å². The number of primary amides is 1. The highest BCUT2D eigenvalue weighted by molar-refractivity contribution is 6.07. The van der Waals surface area contributed by atoms with Gasteiger partial charge in [0.05, 0.1) is 18.7 Å². The molecule has 1 atom stereocenters. The third kappa shape index (κ3) is 2.25. The van der Waals surface area contributed by atoms with Gasteiger partial charge >= 0.3 is 0 Å². The largest absolute Gasteiger partial charge is 0.367 e. The van der Waals surface area contributed by atoms with Crippen LogP contribution in [0.4, 0.5) is 0 Å². The zero-order chi connectivity index (χ0) is 15.9. The number of aromatic nitrogens is 1. The number of para-hydroxylation sites is 1. The first-order chi connectivity index (χ1) is 10.4. The highest BCUT2D eigenvalue weighted by atomic mass is 16.5. The average Bonchev–Trinajstić information content (AvgIpc) is 2.84. The van der Waals surface area contributed by atoms with Crippen molar-refractivity contribution in [2.45, 2.75) is 12.5 Å². The molecule has 1 unspecified atom stereocenters. The summed E-state index contributed by atoms with van der Waals surface area (Å²) >= 11 is 0. The number of benzene rings is 1. The first kappa shape index (κ1) is 14.6. The van der Waals surface area contributed by atoms with Gasteiger partial charge in [0, 0.05) is 30.7 Å². The molecule has 6 heteroatoms. The van der Waals surface area contributed by atoms with E-state index in [-0.39, 0.29) is 12.5 Å². The Morgan fingerprint density at radius 2 is 2.05 bits per heavy atom. The first-order valence-corrected chi connectivity index (χ1v) is 7.19. The summed E-state index contributed by atoms with van der Waals surface area (Å²) in [7, 11) is 1.91. The molecule has 116 valence electrons. The Hall–Kier alpha value is -2.34. The lowest BCUT2D eigenvalue weighted by Gasteiger charge is -2.38. The van der Waals surface area contributed by atoms with E-state index in [1.807, 2.05) is 42.1 Å². The van der Waals surface area contributed by atoms with E-state index in [0.29, 0.717) is 18.7 Å². The fourth-order valence-electron chi connectivity index (χ4n) is 2.87. The van der Waals surface area contributed by atoms with Gasteiger partial charge < -0.3 is 19.9 Å². The van der Waals surface area contributed by atoms with Crippen LogP contribution in [-0.4, -0.2) is 46.6 Å². The highest BCUT2D eigenvalue weighted by Gasteiger charge is 2.39. The summed E-state index contributed by atoms with van der Waals surface area (Å²) in [4.78, 5) is 26.0. The molecule has 6 nitrogen and oxygen atoms in total. The molecule has 1 aromatic carbocycles. The summed E-state index contributed by atoms with van der Waals surface area (Å²) in [6.07, 6.45) is 1.82. The molecule has 2 N–H and O–H groups in total. The maximum absolute atomic E-state index is 12.8. The van der Waals surface area contributed by atoms with Gasteiger partial charge in [0.25, 0.3) is 11.8 Å². The lowest BCUT2D eigenvalue weighted by atomic mass is 10.0. The van der Waals surface area contributed by atoms with Crippen molar-refractivity contribution in [2.75, 3.05) is 19.7 Å². The van der Waals surface area contributed by atoms with Crippen LogP contribution in [0.25, 0.3) is 10.9 Å². The number of hydrogen-bond acceptors (Lipinski definition) is 3. The third-order valence-electron chi connectivity index (χ3n) is 4.21. The van der Waals surface area contributed by atoms with Gasteiger partial charge in [0.15, 0.2) is 5.60 Å². The molecular weight excluding hydrogens is 282 g/mol. The standard InChI is InChI=1S/C16H19N3O3/c1-16(15(17)21)10-19(7-8-22-16)14(20)12-9-18(2)13-6-4-3-5-11(12)13/h3-6,9H,7-8,10H2,1-2H3,(H2,17,21). The molecule has 0 aliphatic carbocycles. The van der Waals surface area contributed by atoms with Crippen LogP contribution in [-0.2, 0) is 16.6 Å². The smallest absolute Gasteiger partial charge is 0.256 e. The predicted molar refractivity (Wildman–Crippen MR) is 82.4 cm³/mol. The molecule has 1 aliphatic rings. The molecule has 0 bridgehead atoms. The minimum absolute atomic E-state index is 0.104. The zero-order valence-corrected chi connectivity index (χ0v) is 12.7. The Balaban J connectivity index is 1.94. The summed E-state index contributed by atoms with van der Waals surface area (Å²) in [6.45, 7) is 2.54. The molecule has 22 heavy (non-hydrogen) atoms. The lowest BCUT2D eigenvalue weighted by molar-refractivity contribution is -0.150. The van der Waals surface area contributed by atoms with Crippen molar-refractivity contribution in [2.24, 2.45) is 12.8 Å². The molecule has 2 amide bonds. The minimum Gasteiger partial charge on any atom is -0.367 e. The summed E-state index contributed by atoms with van der Waals surface area (Å²) in [5, 5.41) is 0.905. The molecule has 1 aliphatic heterocycles. The topological polar surface area (TPSA) is 77.6 Å². The van der Waals surface area contributed by atoms with Gasteiger partial charge in [0.2, 0.25) is 0 Å². The maximum Gasteiger partial charge on any atom is 0.256 e. The second kappa shape index (κ2) is 5.14. The number of hydrogen-bond donors (Lipinski definition) is 1. The number of ether oxygens (including phenoxy) is 1. The van der Waals surface area contributed by atoms with Crippen molar-refractivity contribution in [3.63, 3.8) is 0 Å². The molecule has 0 radical (unpaired) electrons. The van der Waals surface area contributed by atoms with E-state index in [1.165, 1.54) is 0 Å². The number of aryl methyl sites for hydroxylation is 1. The highest BCUT2D eigenvalue weighted by Crippen LogP contribution is 2.24. The van der Waals surface area contributed by atoms with Gasteiger partial charge in [-0.25, -0.2) is 0 Å². The number of carbonyl (C=O) groups excluding carboxylic acids is 2. The van der Waals surface area contributed by atoms with E-state index < -0.39 is 11.5 Å². The molecule has 3 rings (SSSR count). The van der Waals surface area contributed by atoms with E-state index in [1.54, 1.807) is 11.8 Å². The van der Waals surface area contributed by atoms with Crippen LogP contribution < -0.4 is 5.73 Å². The van der Waals surface area contributed by atoms with Crippen LogP contribution in [0.3, 0.4) is 0 Å². The fraction of sp³-hybridized carbons (Fsp3) is 0.375.